The minimum atomic E-state index is 0.763. The Balaban J connectivity index is 1.95. The van der Waals surface area contributed by atoms with Crippen LogP contribution in [0, 0.1) is 0 Å². The standard InChI is InChI=1S/C14H25N3OS/c1-3-12-13(11-15-7-10-18-2)19-14(16-12)17-8-5-4-6-9-17/h15H,3-11H2,1-2H3. The van der Waals surface area contributed by atoms with Crippen molar-refractivity contribution in [1.29, 1.82) is 0 Å². The van der Waals surface area contributed by atoms with Crippen molar-refractivity contribution in [1.82, 2.24) is 10.3 Å². The van der Waals surface area contributed by atoms with Crippen LogP contribution in [-0.4, -0.2) is 38.3 Å². The summed E-state index contributed by atoms with van der Waals surface area (Å²) in [5, 5.41) is 4.64. The highest BCUT2D eigenvalue weighted by molar-refractivity contribution is 7.15. The van der Waals surface area contributed by atoms with Gasteiger partial charge in [0.05, 0.1) is 12.3 Å². The zero-order valence-electron chi connectivity index (χ0n) is 12.1. The molecule has 4 nitrogen and oxygen atoms in total. The average Bonchev–Trinajstić information content (AvgIpc) is 2.88. The smallest absolute Gasteiger partial charge is 0.185 e. The van der Waals surface area contributed by atoms with Gasteiger partial charge in [-0.2, -0.15) is 0 Å². The van der Waals surface area contributed by atoms with Crippen LogP contribution >= 0.6 is 11.3 Å². The summed E-state index contributed by atoms with van der Waals surface area (Å²) in [5.74, 6) is 0. The van der Waals surface area contributed by atoms with Gasteiger partial charge in [0.2, 0.25) is 0 Å². The first kappa shape index (κ1) is 14.8. The Morgan fingerprint density at radius 1 is 1.32 bits per heavy atom. The first-order valence-corrected chi connectivity index (χ1v) is 8.10. The minimum absolute atomic E-state index is 0.763. The minimum Gasteiger partial charge on any atom is -0.383 e. The van der Waals surface area contributed by atoms with Gasteiger partial charge in [-0.1, -0.05) is 6.92 Å². The van der Waals surface area contributed by atoms with Gasteiger partial charge in [0.1, 0.15) is 0 Å². The molecule has 1 fully saturated rings. The summed E-state index contributed by atoms with van der Waals surface area (Å²) in [7, 11) is 1.74. The van der Waals surface area contributed by atoms with Gasteiger partial charge in [-0.25, -0.2) is 4.98 Å². The van der Waals surface area contributed by atoms with Crippen LogP contribution < -0.4 is 10.2 Å². The van der Waals surface area contributed by atoms with E-state index in [1.54, 1.807) is 7.11 Å². The van der Waals surface area contributed by atoms with Crippen LogP contribution in [0.5, 0.6) is 0 Å². The normalized spacial score (nSPS) is 16.0. The third-order valence-corrected chi connectivity index (χ3v) is 4.66. The lowest BCUT2D eigenvalue weighted by Crippen LogP contribution is -2.29. The molecule has 2 rings (SSSR count). The van der Waals surface area contributed by atoms with Gasteiger partial charge in [-0.3, -0.25) is 0 Å². The SMILES string of the molecule is CCc1nc(N2CCCCC2)sc1CNCCOC. The van der Waals surface area contributed by atoms with Crippen LogP contribution in [0.4, 0.5) is 5.13 Å². The number of nitrogens with one attached hydrogen (secondary N) is 1. The Bertz CT molecular complexity index is 375. The first-order valence-electron chi connectivity index (χ1n) is 7.28. The number of methoxy groups -OCH3 is 1. The van der Waals surface area contributed by atoms with Crippen molar-refractivity contribution in [3.8, 4) is 0 Å². The van der Waals surface area contributed by atoms with Gasteiger partial charge >= 0.3 is 0 Å². The molecule has 0 aliphatic carbocycles. The van der Waals surface area contributed by atoms with Crippen LogP contribution in [0.15, 0.2) is 0 Å². The van der Waals surface area contributed by atoms with Gasteiger partial charge < -0.3 is 15.0 Å². The van der Waals surface area contributed by atoms with E-state index >= 15 is 0 Å². The number of piperidine rings is 1. The second kappa shape index (κ2) is 7.82. The van der Waals surface area contributed by atoms with E-state index in [1.807, 2.05) is 11.3 Å². The highest BCUT2D eigenvalue weighted by Gasteiger charge is 2.17. The van der Waals surface area contributed by atoms with Crippen molar-refractivity contribution in [3.05, 3.63) is 10.6 Å². The molecule has 1 aromatic heterocycles. The fraction of sp³-hybridized carbons (Fsp3) is 0.786. The lowest BCUT2D eigenvalue weighted by atomic mass is 10.1. The molecule has 1 aliphatic rings. The van der Waals surface area contributed by atoms with Gasteiger partial charge in [-0.15, -0.1) is 11.3 Å². The Morgan fingerprint density at radius 2 is 2.11 bits per heavy atom. The van der Waals surface area contributed by atoms with Gasteiger partial charge in [-0.05, 0) is 25.7 Å². The van der Waals surface area contributed by atoms with Crippen LogP contribution in [-0.2, 0) is 17.7 Å². The summed E-state index contributed by atoms with van der Waals surface area (Å²) in [6.07, 6.45) is 5.00. The average molecular weight is 283 g/mol. The number of hydrogen-bond acceptors (Lipinski definition) is 5. The highest BCUT2D eigenvalue weighted by atomic mass is 32.1. The summed E-state index contributed by atoms with van der Waals surface area (Å²) in [6, 6.07) is 0. The Kier molecular flexibility index (Phi) is 6.07. The Hall–Kier alpha value is -0.650. The summed E-state index contributed by atoms with van der Waals surface area (Å²) in [4.78, 5) is 8.66. The number of hydrogen-bond donors (Lipinski definition) is 1. The van der Waals surface area contributed by atoms with E-state index < -0.39 is 0 Å². The molecule has 0 spiro atoms. The van der Waals surface area contributed by atoms with Crippen LogP contribution in [0.25, 0.3) is 0 Å². The van der Waals surface area contributed by atoms with E-state index in [1.165, 1.54) is 48.1 Å². The molecule has 19 heavy (non-hydrogen) atoms. The second-order valence-corrected chi connectivity index (χ2v) is 6.00. The third-order valence-electron chi connectivity index (χ3n) is 3.50. The fourth-order valence-electron chi connectivity index (χ4n) is 2.38. The number of ether oxygens (including phenoxy) is 1. The van der Waals surface area contributed by atoms with Crippen LogP contribution in [0.3, 0.4) is 0 Å². The molecule has 0 bridgehead atoms. The van der Waals surface area contributed by atoms with Crippen molar-refractivity contribution in [2.75, 3.05) is 38.3 Å². The highest BCUT2D eigenvalue weighted by Crippen LogP contribution is 2.28. The quantitative estimate of drug-likeness (QED) is 0.780. The summed E-state index contributed by atoms with van der Waals surface area (Å²) in [5.41, 5.74) is 1.26. The predicted octanol–water partition coefficient (Wildman–Crippen LogP) is 2.43. The molecule has 0 amide bonds. The lowest BCUT2D eigenvalue weighted by Gasteiger charge is -2.25. The number of anilines is 1. The summed E-state index contributed by atoms with van der Waals surface area (Å²) in [6.45, 7) is 7.11. The zero-order valence-corrected chi connectivity index (χ0v) is 12.9. The number of aromatic nitrogens is 1. The van der Waals surface area contributed by atoms with Crippen molar-refractivity contribution >= 4 is 16.5 Å². The van der Waals surface area contributed by atoms with Gasteiger partial charge in [0.15, 0.2) is 5.13 Å². The van der Waals surface area contributed by atoms with E-state index in [0.717, 1.165) is 26.1 Å². The Labute approximate surface area is 120 Å². The second-order valence-electron chi connectivity index (χ2n) is 4.94. The maximum absolute atomic E-state index is 5.05. The van der Waals surface area contributed by atoms with E-state index in [9.17, 15) is 0 Å². The molecular formula is C14H25N3OS. The maximum Gasteiger partial charge on any atom is 0.185 e. The molecule has 0 radical (unpaired) electrons. The van der Waals surface area contributed by atoms with E-state index in [0.29, 0.717) is 0 Å². The van der Waals surface area contributed by atoms with E-state index in [2.05, 4.69) is 17.1 Å². The predicted molar refractivity (Wildman–Crippen MR) is 81.1 cm³/mol. The first-order chi connectivity index (χ1) is 9.35. The molecule has 1 N–H and O–H groups in total. The molecule has 0 saturated carbocycles. The Morgan fingerprint density at radius 3 is 2.79 bits per heavy atom. The van der Waals surface area contributed by atoms with Crippen LogP contribution in [0.1, 0.15) is 36.8 Å². The summed E-state index contributed by atoms with van der Waals surface area (Å²) >= 11 is 1.86. The van der Waals surface area contributed by atoms with Gasteiger partial charge in [0, 0.05) is 38.2 Å². The molecule has 0 aromatic carbocycles. The molecule has 1 saturated heterocycles. The lowest BCUT2D eigenvalue weighted by molar-refractivity contribution is 0.199. The van der Waals surface area contributed by atoms with E-state index in [4.69, 9.17) is 9.72 Å². The number of thiazole rings is 1. The van der Waals surface area contributed by atoms with Crippen molar-refractivity contribution in [2.45, 2.75) is 39.2 Å². The van der Waals surface area contributed by atoms with Gasteiger partial charge in [0.25, 0.3) is 0 Å². The van der Waals surface area contributed by atoms with Crippen molar-refractivity contribution in [3.63, 3.8) is 0 Å². The number of nitrogens with zero attached hydrogens (tertiary/aromatic N) is 2. The molecule has 1 aliphatic heterocycles. The van der Waals surface area contributed by atoms with Crippen LogP contribution in [0.2, 0.25) is 0 Å². The molecule has 1 aromatic rings. The topological polar surface area (TPSA) is 37.4 Å². The molecule has 2 heterocycles. The largest absolute Gasteiger partial charge is 0.383 e. The third kappa shape index (κ3) is 4.16. The molecule has 0 atom stereocenters. The molecule has 0 unspecified atom stereocenters. The molecule has 5 heteroatoms. The monoisotopic (exact) mass is 283 g/mol. The fourth-order valence-corrected chi connectivity index (χ4v) is 3.55. The maximum atomic E-state index is 5.05. The van der Waals surface area contributed by atoms with Crippen molar-refractivity contribution < 1.29 is 4.74 Å². The number of rotatable bonds is 7. The summed E-state index contributed by atoms with van der Waals surface area (Å²) < 4.78 is 5.05. The number of aryl methyl sites for hydroxylation is 1. The zero-order chi connectivity index (χ0) is 13.5. The van der Waals surface area contributed by atoms with Crippen molar-refractivity contribution in [2.24, 2.45) is 0 Å². The molecule has 108 valence electrons. The molecular weight excluding hydrogens is 258 g/mol. The van der Waals surface area contributed by atoms with E-state index in [-0.39, 0.29) is 0 Å².